The lowest BCUT2D eigenvalue weighted by molar-refractivity contribution is -0.127. The summed E-state index contributed by atoms with van der Waals surface area (Å²) in [5.41, 5.74) is 2.30. The zero-order valence-corrected chi connectivity index (χ0v) is 23.4. The zero-order chi connectivity index (χ0) is 27.5. The third-order valence-electron chi connectivity index (χ3n) is 6.52. The van der Waals surface area contributed by atoms with E-state index in [9.17, 15) is 13.2 Å². The van der Waals surface area contributed by atoms with E-state index in [2.05, 4.69) is 39.9 Å². The lowest BCUT2D eigenvalue weighted by Crippen LogP contribution is -2.51. The molecule has 0 aromatic heterocycles. The Morgan fingerprint density at radius 2 is 1.74 bits per heavy atom. The molecule has 1 amide bonds. The van der Waals surface area contributed by atoms with E-state index < -0.39 is 22.0 Å². The predicted octanol–water partition coefficient (Wildman–Crippen LogP) is 5.26. The van der Waals surface area contributed by atoms with Crippen LogP contribution in [0.4, 0.5) is 5.69 Å². The summed E-state index contributed by atoms with van der Waals surface area (Å²) < 4.78 is 40.6. The van der Waals surface area contributed by atoms with Crippen molar-refractivity contribution >= 4 is 21.6 Å². The Bertz CT molecular complexity index is 1380. The largest absolute Gasteiger partial charge is 0.491 e. The van der Waals surface area contributed by atoms with Gasteiger partial charge in [0.25, 0.3) is 15.9 Å². The maximum atomic E-state index is 13.7. The summed E-state index contributed by atoms with van der Waals surface area (Å²) in [6.07, 6.45) is -1.01. The van der Waals surface area contributed by atoms with Gasteiger partial charge >= 0.3 is 0 Å². The Morgan fingerprint density at radius 1 is 1.05 bits per heavy atom. The molecule has 3 aromatic rings. The summed E-state index contributed by atoms with van der Waals surface area (Å²) >= 11 is 0. The Morgan fingerprint density at radius 3 is 2.42 bits per heavy atom. The number of nitrogens with zero attached hydrogens (tertiary/aromatic N) is 1. The number of sulfonamides is 1. The monoisotopic (exact) mass is 536 g/mol. The molecule has 0 aliphatic carbocycles. The number of anilines is 1. The number of ether oxygens (including phenoxy) is 2. The number of hydrogen-bond acceptors (Lipinski definition) is 5. The summed E-state index contributed by atoms with van der Waals surface area (Å²) in [6.45, 7) is 10.8. The summed E-state index contributed by atoms with van der Waals surface area (Å²) in [6, 6.07) is 21.6. The summed E-state index contributed by atoms with van der Waals surface area (Å²) in [4.78, 5) is 13.3. The SMILES string of the molecule is CC(C)c1ccccc1OCCNC(=O)[C@H]1CN(S(=O)(=O)c2ccccc2)c2cc(C(C)(C)C)ccc2O1. The van der Waals surface area contributed by atoms with Crippen LogP contribution in [0.1, 0.15) is 51.7 Å². The number of amides is 1. The Kier molecular flexibility index (Phi) is 8.02. The van der Waals surface area contributed by atoms with Crippen LogP contribution in [0.25, 0.3) is 0 Å². The smallest absolute Gasteiger partial charge is 0.264 e. The van der Waals surface area contributed by atoms with Crippen molar-refractivity contribution in [1.29, 1.82) is 0 Å². The molecule has 0 unspecified atom stereocenters. The van der Waals surface area contributed by atoms with E-state index in [1.165, 1.54) is 4.31 Å². The van der Waals surface area contributed by atoms with Gasteiger partial charge in [0.2, 0.25) is 0 Å². The fourth-order valence-electron chi connectivity index (χ4n) is 4.34. The molecule has 0 fully saturated rings. The van der Waals surface area contributed by atoms with Crippen LogP contribution in [0.2, 0.25) is 0 Å². The van der Waals surface area contributed by atoms with Gasteiger partial charge in [-0.25, -0.2) is 8.42 Å². The molecule has 1 aliphatic heterocycles. The van der Waals surface area contributed by atoms with Crippen LogP contribution >= 0.6 is 0 Å². The van der Waals surface area contributed by atoms with Crippen molar-refractivity contribution in [2.24, 2.45) is 0 Å². The van der Waals surface area contributed by atoms with Gasteiger partial charge in [-0.2, -0.15) is 0 Å². The highest BCUT2D eigenvalue weighted by molar-refractivity contribution is 7.92. The third-order valence-corrected chi connectivity index (χ3v) is 8.31. The zero-order valence-electron chi connectivity index (χ0n) is 22.6. The van der Waals surface area contributed by atoms with E-state index in [0.717, 1.165) is 16.9 Å². The van der Waals surface area contributed by atoms with E-state index in [1.807, 2.05) is 36.4 Å². The molecule has 0 radical (unpaired) electrons. The lowest BCUT2D eigenvalue weighted by atomic mass is 9.86. The molecule has 3 aromatic carbocycles. The Balaban J connectivity index is 1.53. The molecular weight excluding hydrogens is 500 g/mol. The van der Waals surface area contributed by atoms with Gasteiger partial charge in [0.05, 0.1) is 23.7 Å². The molecule has 0 saturated carbocycles. The number of hydrogen-bond donors (Lipinski definition) is 1. The molecule has 1 heterocycles. The van der Waals surface area contributed by atoms with Crippen molar-refractivity contribution in [1.82, 2.24) is 5.32 Å². The minimum absolute atomic E-state index is 0.138. The van der Waals surface area contributed by atoms with E-state index in [4.69, 9.17) is 9.47 Å². The van der Waals surface area contributed by atoms with Crippen LogP contribution in [0.15, 0.2) is 77.7 Å². The molecule has 38 heavy (non-hydrogen) atoms. The molecule has 1 N–H and O–H groups in total. The molecular formula is C30H36N2O5S. The van der Waals surface area contributed by atoms with Gasteiger partial charge in [-0.05, 0) is 52.8 Å². The third kappa shape index (κ3) is 5.96. The molecule has 8 heteroatoms. The van der Waals surface area contributed by atoms with Crippen LogP contribution < -0.4 is 19.1 Å². The number of benzene rings is 3. The van der Waals surface area contributed by atoms with Crippen LogP contribution in [0.3, 0.4) is 0 Å². The second-order valence-electron chi connectivity index (χ2n) is 10.7. The number of nitrogens with one attached hydrogen (secondary N) is 1. The summed E-state index contributed by atoms with van der Waals surface area (Å²) in [5.74, 6) is 1.05. The van der Waals surface area contributed by atoms with Gasteiger partial charge in [-0.3, -0.25) is 9.10 Å². The fourth-order valence-corrected chi connectivity index (χ4v) is 5.83. The highest BCUT2D eigenvalue weighted by atomic mass is 32.2. The topological polar surface area (TPSA) is 84.9 Å². The quantitative estimate of drug-likeness (QED) is 0.397. The minimum Gasteiger partial charge on any atom is -0.491 e. The predicted molar refractivity (Wildman–Crippen MR) is 150 cm³/mol. The lowest BCUT2D eigenvalue weighted by Gasteiger charge is -2.36. The summed E-state index contributed by atoms with van der Waals surface area (Å²) in [5, 5.41) is 2.84. The number of carbonyl (C=O) groups excluding carboxylic acids is 1. The van der Waals surface area contributed by atoms with Gasteiger partial charge in [0.15, 0.2) is 6.10 Å². The average Bonchev–Trinajstić information content (AvgIpc) is 2.90. The van der Waals surface area contributed by atoms with Crippen molar-refractivity contribution in [3.63, 3.8) is 0 Å². The summed E-state index contributed by atoms with van der Waals surface area (Å²) in [7, 11) is -3.93. The number of rotatable bonds is 8. The van der Waals surface area contributed by atoms with Crippen molar-refractivity contribution in [2.45, 2.75) is 57.0 Å². The Hall–Kier alpha value is -3.52. The van der Waals surface area contributed by atoms with E-state index in [1.54, 1.807) is 36.4 Å². The van der Waals surface area contributed by atoms with Gasteiger partial charge in [0.1, 0.15) is 18.1 Å². The first-order chi connectivity index (χ1) is 18.0. The van der Waals surface area contributed by atoms with Crippen LogP contribution in [-0.4, -0.2) is 40.1 Å². The van der Waals surface area contributed by atoms with Gasteiger partial charge in [0, 0.05) is 0 Å². The Labute approximate surface area is 225 Å². The molecule has 1 atom stereocenters. The highest BCUT2D eigenvalue weighted by Crippen LogP contribution is 2.40. The first-order valence-corrected chi connectivity index (χ1v) is 14.3. The number of para-hydroxylation sites is 1. The van der Waals surface area contributed by atoms with E-state index in [0.29, 0.717) is 17.4 Å². The van der Waals surface area contributed by atoms with Gasteiger partial charge < -0.3 is 14.8 Å². The van der Waals surface area contributed by atoms with Crippen LogP contribution in [0, 0.1) is 0 Å². The van der Waals surface area contributed by atoms with Crippen LogP contribution in [0.5, 0.6) is 11.5 Å². The maximum absolute atomic E-state index is 13.7. The van der Waals surface area contributed by atoms with Crippen molar-refractivity contribution < 1.29 is 22.7 Å². The van der Waals surface area contributed by atoms with Crippen molar-refractivity contribution in [3.05, 3.63) is 83.9 Å². The maximum Gasteiger partial charge on any atom is 0.264 e. The van der Waals surface area contributed by atoms with Crippen LogP contribution in [-0.2, 0) is 20.2 Å². The molecule has 0 bridgehead atoms. The molecule has 202 valence electrons. The van der Waals surface area contributed by atoms with E-state index >= 15 is 0 Å². The highest BCUT2D eigenvalue weighted by Gasteiger charge is 2.38. The van der Waals surface area contributed by atoms with Gasteiger partial charge in [-0.15, -0.1) is 0 Å². The molecule has 0 saturated heterocycles. The number of fused-ring (bicyclic) bond motifs is 1. The normalized spacial score (nSPS) is 15.5. The first-order valence-electron chi connectivity index (χ1n) is 12.9. The van der Waals surface area contributed by atoms with Crippen molar-refractivity contribution in [3.8, 4) is 11.5 Å². The first kappa shape index (κ1) is 27.5. The average molecular weight is 537 g/mol. The van der Waals surface area contributed by atoms with Gasteiger partial charge in [-0.1, -0.05) is 77.1 Å². The van der Waals surface area contributed by atoms with Crippen molar-refractivity contribution in [2.75, 3.05) is 24.0 Å². The standard InChI is InChI=1S/C30H36N2O5S/c1-21(2)24-13-9-10-14-26(24)36-18-17-31-29(33)28-20-32(38(34,35)23-11-7-6-8-12-23)25-19-22(30(3,4)5)15-16-27(25)37-28/h6-16,19,21,28H,17-18,20H2,1-5H3,(H,31,33)/t28-/m1/s1. The minimum atomic E-state index is -3.93. The number of carbonyl (C=O) groups is 1. The second kappa shape index (κ2) is 11.1. The molecule has 4 rings (SSSR count). The second-order valence-corrected chi connectivity index (χ2v) is 12.6. The molecule has 7 nitrogen and oxygen atoms in total. The van der Waals surface area contributed by atoms with E-state index in [-0.39, 0.29) is 30.0 Å². The molecule has 1 aliphatic rings. The molecule has 0 spiro atoms. The fraction of sp³-hybridized carbons (Fsp3) is 0.367.